The predicted molar refractivity (Wildman–Crippen MR) is 184 cm³/mol. The molecule has 0 saturated carbocycles. The molecule has 4 heterocycles. The molecule has 0 bridgehead atoms. The summed E-state index contributed by atoms with van der Waals surface area (Å²) in [5, 5.41) is 8.45. The number of hydrogen-bond donors (Lipinski definition) is 0. The summed E-state index contributed by atoms with van der Waals surface area (Å²) in [5.41, 5.74) is 3.69. The Labute approximate surface area is 282 Å². The largest absolute Gasteiger partial charge is 0.368 e. The molecule has 0 radical (unpaired) electrons. The van der Waals surface area contributed by atoms with Crippen molar-refractivity contribution in [3.8, 4) is 5.69 Å². The molecule has 3 atom stereocenters. The average molecular weight is 675 g/mol. The van der Waals surface area contributed by atoms with Crippen LogP contribution in [-0.2, 0) is 17.0 Å². The topological polar surface area (TPSA) is 86.2 Å². The second-order valence-electron chi connectivity index (χ2n) is 12.9. The molecule has 48 heavy (non-hydrogen) atoms. The molecule has 0 spiro atoms. The molecule has 13 heteroatoms. The lowest BCUT2D eigenvalue weighted by Gasteiger charge is -2.37. The van der Waals surface area contributed by atoms with Crippen molar-refractivity contribution >= 4 is 23.1 Å². The fourth-order valence-electron chi connectivity index (χ4n) is 6.79. The van der Waals surface area contributed by atoms with Gasteiger partial charge in [-0.2, -0.15) is 10.2 Å². The highest BCUT2D eigenvalue weighted by Gasteiger charge is 2.47. The molecular formula is C35H40F2N8O2S. The number of ether oxygens (including phenoxy) is 1. The normalized spacial score (nSPS) is 23.1. The third-order valence-electron chi connectivity index (χ3n) is 9.40. The molecule has 0 amide bonds. The van der Waals surface area contributed by atoms with Crippen LogP contribution >= 0.6 is 11.8 Å². The molecule has 2 aromatic heterocycles. The highest BCUT2D eigenvalue weighted by atomic mass is 32.2. The van der Waals surface area contributed by atoms with Gasteiger partial charge in [-0.05, 0) is 80.3 Å². The maximum atomic E-state index is 15.1. The lowest BCUT2D eigenvalue weighted by Crippen LogP contribution is -2.46. The van der Waals surface area contributed by atoms with E-state index >= 15 is 4.39 Å². The summed E-state index contributed by atoms with van der Waals surface area (Å²) in [6.45, 7) is 7.84. The zero-order chi connectivity index (χ0) is 33.3. The molecule has 2 aliphatic heterocycles. The smallest absolute Gasteiger partial charge is 0.350 e. The monoisotopic (exact) mass is 674 g/mol. The standard InChI is InChI=1S/C35H40F2N8O2S/c1-25(2)45-34(46)44(24-40-45)30-10-8-29(9-11-30)42-17-15-41(16-18-42)28-6-3-26(4-7-28)20-48-33-13-14-35(47-33,21-43-23-38-22-39-43)31-12-5-27(36)19-32(31)37/h3-12,22-25,32-33H,13-21H2,1-2H3. The molecule has 2 fully saturated rings. The molecular weight excluding hydrogens is 635 g/mol. The number of rotatable bonds is 10. The Morgan fingerprint density at radius 2 is 1.60 bits per heavy atom. The molecule has 2 saturated heterocycles. The van der Waals surface area contributed by atoms with Gasteiger partial charge in [0.2, 0.25) is 0 Å². The van der Waals surface area contributed by atoms with E-state index in [4.69, 9.17) is 4.74 Å². The van der Waals surface area contributed by atoms with Gasteiger partial charge in [0.15, 0.2) is 0 Å². The third-order valence-corrected chi connectivity index (χ3v) is 10.6. The number of nitrogens with zero attached hydrogens (tertiary/aromatic N) is 8. The van der Waals surface area contributed by atoms with Gasteiger partial charge in [0.05, 0.1) is 18.3 Å². The predicted octanol–water partition coefficient (Wildman–Crippen LogP) is 5.86. The number of aromatic nitrogens is 6. The number of alkyl halides is 1. The van der Waals surface area contributed by atoms with Crippen LogP contribution in [-0.4, -0.2) is 72.5 Å². The summed E-state index contributed by atoms with van der Waals surface area (Å²) in [4.78, 5) is 21.5. The zero-order valence-electron chi connectivity index (χ0n) is 27.2. The molecule has 3 unspecified atom stereocenters. The van der Waals surface area contributed by atoms with E-state index in [1.54, 1.807) is 39.7 Å². The fraction of sp³-hybridized carbons (Fsp3) is 0.429. The highest BCUT2D eigenvalue weighted by Crippen LogP contribution is 2.46. The molecule has 4 aromatic rings. The van der Waals surface area contributed by atoms with E-state index in [1.807, 2.05) is 26.0 Å². The quantitative estimate of drug-likeness (QED) is 0.207. The van der Waals surface area contributed by atoms with Gasteiger partial charge in [0.1, 0.15) is 42.0 Å². The SMILES string of the molecule is CC(C)n1ncn(-c2ccc(N3CCN(c4ccc(CSC5CCC(Cn6cncn6)(C6=CC=C(F)CC6F)O5)cc4)CC3)cc2)c1=O. The van der Waals surface area contributed by atoms with E-state index in [0.29, 0.717) is 18.5 Å². The van der Waals surface area contributed by atoms with E-state index < -0.39 is 17.6 Å². The maximum Gasteiger partial charge on any atom is 0.350 e. The lowest BCUT2D eigenvalue weighted by atomic mass is 9.84. The van der Waals surface area contributed by atoms with Gasteiger partial charge < -0.3 is 14.5 Å². The minimum Gasteiger partial charge on any atom is -0.368 e. The van der Waals surface area contributed by atoms with E-state index in [-0.39, 0.29) is 23.6 Å². The number of piperazine rings is 1. The first-order chi connectivity index (χ1) is 23.3. The van der Waals surface area contributed by atoms with Gasteiger partial charge in [0, 0.05) is 49.7 Å². The summed E-state index contributed by atoms with van der Waals surface area (Å²) in [6, 6.07) is 16.8. The van der Waals surface area contributed by atoms with Crippen molar-refractivity contribution in [2.45, 2.75) is 68.7 Å². The van der Waals surface area contributed by atoms with E-state index in [0.717, 1.165) is 49.7 Å². The average Bonchev–Trinajstić information content (AvgIpc) is 3.85. The van der Waals surface area contributed by atoms with Crippen LogP contribution in [0.15, 0.2) is 95.9 Å². The van der Waals surface area contributed by atoms with Crippen LogP contribution in [0.4, 0.5) is 20.2 Å². The highest BCUT2D eigenvalue weighted by molar-refractivity contribution is 7.99. The number of hydrogen-bond acceptors (Lipinski definition) is 8. The van der Waals surface area contributed by atoms with E-state index in [1.165, 1.54) is 28.3 Å². The van der Waals surface area contributed by atoms with Crippen molar-refractivity contribution in [2.24, 2.45) is 0 Å². The number of anilines is 2. The van der Waals surface area contributed by atoms with Crippen molar-refractivity contribution in [1.29, 1.82) is 0 Å². The molecule has 10 nitrogen and oxygen atoms in total. The Hall–Kier alpha value is -4.23. The van der Waals surface area contributed by atoms with Crippen LogP contribution in [0.3, 0.4) is 0 Å². The van der Waals surface area contributed by atoms with Gasteiger partial charge in [-0.3, -0.25) is 0 Å². The fourth-order valence-corrected chi connectivity index (χ4v) is 7.90. The molecule has 2 aromatic carbocycles. The number of allylic oxidation sites excluding steroid dienone is 3. The summed E-state index contributed by atoms with van der Waals surface area (Å²) >= 11 is 1.71. The first-order valence-corrected chi connectivity index (χ1v) is 17.5. The van der Waals surface area contributed by atoms with Crippen molar-refractivity contribution in [3.63, 3.8) is 0 Å². The number of halogens is 2. The van der Waals surface area contributed by atoms with Gasteiger partial charge in [0.25, 0.3) is 0 Å². The van der Waals surface area contributed by atoms with Crippen molar-refractivity contribution < 1.29 is 13.5 Å². The van der Waals surface area contributed by atoms with E-state index in [2.05, 4.69) is 61.4 Å². The number of benzene rings is 2. The first kappa shape index (κ1) is 32.3. The Balaban J connectivity index is 0.924. The maximum absolute atomic E-state index is 15.1. The van der Waals surface area contributed by atoms with Crippen LogP contribution in [0.25, 0.3) is 5.69 Å². The van der Waals surface area contributed by atoms with E-state index in [9.17, 15) is 9.18 Å². The first-order valence-electron chi connectivity index (χ1n) is 16.5. The summed E-state index contributed by atoms with van der Waals surface area (Å²) in [6.07, 6.45) is 7.26. The van der Waals surface area contributed by atoms with Crippen molar-refractivity contribution in [3.05, 3.63) is 107 Å². The van der Waals surface area contributed by atoms with Gasteiger partial charge in [-0.25, -0.2) is 32.5 Å². The number of thioether (sulfide) groups is 1. The van der Waals surface area contributed by atoms with Crippen LogP contribution in [0.1, 0.15) is 44.7 Å². The minimum absolute atomic E-state index is 0.0130. The van der Waals surface area contributed by atoms with Crippen LogP contribution in [0.5, 0.6) is 0 Å². The van der Waals surface area contributed by atoms with Crippen LogP contribution < -0.4 is 15.5 Å². The molecule has 0 N–H and O–H groups in total. The Kier molecular flexibility index (Phi) is 9.23. The minimum atomic E-state index is -1.42. The Bertz CT molecular complexity index is 1810. The second-order valence-corrected chi connectivity index (χ2v) is 14.0. The second kappa shape index (κ2) is 13.7. The van der Waals surface area contributed by atoms with Gasteiger partial charge in [-0.1, -0.05) is 18.2 Å². The Morgan fingerprint density at radius 3 is 2.21 bits per heavy atom. The lowest BCUT2D eigenvalue weighted by molar-refractivity contribution is -0.00524. The summed E-state index contributed by atoms with van der Waals surface area (Å²) in [7, 11) is 0. The summed E-state index contributed by atoms with van der Waals surface area (Å²) < 4.78 is 40.2. The summed E-state index contributed by atoms with van der Waals surface area (Å²) in [5.74, 6) is 0.318. The van der Waals surface area contributed by atoms with Crippen molar-refractivity contribution in [2.75, 3.05) is 36.0 Å². The van der Waals surface area contributed by atoms with Gasteiger partial charge >= 0.3 is 5.69 Å². The third kappa shape index (κ3) is 6.70. The molecule has 1 aliphatic carbocycles. The molecule has 7 rings (SSSR count). The van der Waals surface area contributed by atoms with Gasteiger partial charge in [-0.15, -0.1) is 11.8 Å². The van der Waals surface area contributed by atoms with Crippen LogP contribution in [0, 0.1) is 0 Å². The zero-order valence-corrected chi connectivity index (χ0v) is 28.0. The van der Waals surface area contributed by atoms with Crippen LogP contribution in [0.2, 0.25) is 0 Å². The van der Waals surface area contributed by atoms with Crippen molar-refractivity contribution in [1.82, 2.24) is 29.1 Å². The molecule has 252 valence electrons. The molecule has 3 aliphatic rings. The Morgan fingerprint density at radius 1 is 0.938 bits per heavy atom.